The van der Waals surface area contributed by atoms with Crippen molar-refractivity contribution in [1.29, 1.82) is 0 Å². The molecule has 1 unspecified atom stereocenters. The smallest absolute Gasteiger partial charge is 0.306 e. The highest BCUT2D eigenvalue weighted by molar-refractivity contribution is 7.99. The van der Waals surface area contributed by atoms with Crippen molar-refractivity contribution in [3.8, 4) is 0 Å². The van der Waals surface area contributed by atoms with Gasteiger partial charge in [-0.2, -0.15) is 11.8 Å². The van der Waals surface area contributed by atoms with Crippen LogP contribution in [0, 0.1) is 0 Å². The second-order valence-electron chi connectivity index (χ2n) is 3.31. The van der Waals surface area contributed by atoms with Gasteiger partial charge in [0, 0.05) is 18.1 Å². The van der Waals surface area contributed by atoms with Crippen molar-refractivity contribution in [3.63, 3.8) is 0 Å². The highest BCUT2D eigenvalue weighted by Gasteiger charge is 2.20. The molecule has 1 saturated heterocycles. The number of rotatable bonds is 7. The Morgan fingerprint density at radius 2 is 2.33 bits per heavy atom. The van der Waals surface area contributed by atoms with Gasteiger partial charge in [0.15, 0.2) is 0 Å². The van der Waals surface area contributed by atoms with E-state index < -0.39 is 0 Å². The van der Waals surface area contributed by atoms with Crippen LogP contribution in [0.5, 0.6) is 0 Å². The van der Waals surface area contributed by atoms with Gasteiger partial charge in [-0.15, -0.1) is 0 Å². The number of esters is 1. The Morgan fingerprint density at radius 1 is 1.47 bits per heavy atom. The SMILES string of the molecule is COCCOCCSC1CCOC(=O)C1. The predicted octanol–water partition coefficient (Wildman–Crippen LogP) is 1.09. The Hall–Kier alpha value is -0.260. The molecule has 4 nitrogen and oxygen atoms in total. The summed E-state index contributed by atoms with van der Waals surface area (Å²) in [5, 5.41) is 0.414. The number of carbonyl (C=O) groups is 1. The Bertz CT molecular complexity index is 186. The van der Waals surface area contributed by atoms with Crippen LogP contribution in [0.2, 0.25) is 0 Å². The first-order valence-electron chi connectivity index (χ1n) is 5.17. The van der Waals surface area contributed by atoms with E-state index in [1.807, 2.05) is 0 Å². The zero-order valence-corrected chi connectivity index (χ0v) is 9.88. The number of carbonyl (C=O) groups excluding carboxylic acids is 1. The second kappa shape index (κ2) is 7.96. The third kappa shape index (κ3) is 6.02. The number of ether oxygens (including phenoxy) is 3. The summed E-state index contributed by atoms with van der Waals surface area (Å²) in [4.78, 5) is 11.0. The lowest BCUT2D eigenvalue weighted by molar-refractivity contribution is -0.146. The molecule has 1 fully saturated rings. The third-order valence-electron chi connectivity index (χ3n) is 2.11. The first-order valence-corrected chi connectivity index (χ1v) is 6.21. The van der Waals surface area contributed by atoms with Gasteiger partial charge in [-0.05, 0) is 6.42 Å². The maximum Gasteiger partial charge on any atom is 0.306 e. The van der Waals surface area contributed by atoms with E-state index in [0.717, 1.165) is 18.8 Å². The van der Waals surface area contributed by atoms with Crippen molar-refractivity contribution in [2.24, 2.45) is 0 Å². The zero-order valence-electron chi connectivity index (χ0n) is 9.07. The minimum atomic E-state index is -0.0703. The molecular formula is C10H18O4S. The Labute approximate surface area is 94.6 Å². The first-order chi connectivity index (χ1) is 7.33. The van der Waals surface area contributed by atoms with Crippen molar-refractivity contribution in [2.45, 2.75) is 18.1 Å². The van der Waals surface area contributed by atoms with E-state index in [1.54, 1.807) is 18.9 Å². The van der Waals surface area contributed by atoms with Gasteiger partial charge in [-0.25, -0.2) is 0 Å². The quantitative estimate of drug-likeness (QED) is 0.487. The van der Waals surface area contributed by atoms with Gasteiger partial charge in [0.1, 0.15) is 0 Å². The van der Waals surface area contributed by atoms with Crippen molar-refractivity contribution < 1.29 is 19.0 Å². The number of methoxy groups -OCH3 is 1. The Balaban J connectivity index is 1.92. The molecule has 0 amide bonds. The summed E-state index contributed by atoms with van der Waals surface area (Å²) in [5.74, 6) is 0.862. The van der Waals surface area contributed by atoms with Gasteiger partial charge in [-0.3, -0.25) is 4.79 Å². The monoisotopic (exact) mass is 234 g/mol. The zero-order chi connectivity index (χ0) is 10.9. The lowest BCUT2D eigenvalue weighted by Gasteiger charge is -2.20. The lowest BCUT2D eigenvalue weighted by Crippen LogP contribution is -2.23. The highest BCUT2D eigenvalue weighted by Crippen LogP contribution is 2.22. The van der Waals surface area contributed by atoms with E-state index in [-0.39, 0.29) is 5.97 Å². The molecule has 1 atom stereocenters. The molecule has 0 aromatic carbocycles. The largest absolute Gasteiger partial charge is 0.466 e. The van der Waals surface area contributed by atoms with Crippen molar-refractivity contribution in [3.05, 3.63) is 0 Å². The number of hydrogen-bond acceptors (Lipinski definition) is 5. The third-order valence-corrected chi connectivity index (χ3v) is 3.39. The lowest BCUT2D eigenvalue weighted by atomic mass is 10.2. The maximum atomic E-state index is 11.0. The molecule has 88 valence electrons. The van der Waals surface area contributed by atoms with Crippen LogP contribution in [-0.2, 0) is 19.0 Å². The van der Waals surface area contributed by atoms with Crippen LogP contribution in [0.15, 0.2) is 0 Å². The summed E-state index contributed by atoms with van der Waals surface area (Å²) < 4.78 is 15.1. The van der Waals surface area contributed by atoms with Gasteiger partial charge in [0.25, 0.3) is 0 Å². The minimum Gasteiger partial charge on any atom is -0.466 e. The average Bonchev–Trinajstić information content (AvgIpc) is 2.23. The molecule has 1 aliphatic heterocycles. The van der Waals surface area contributed by atoms with E-state index in [1.165, 1.54) is 0 Å². The standard InChI is InChI=1S/C10H18O4S/c1-12-4-5-13-6-7-15-9-2-3-14-10(11)8-9/h9H,2-8H2,1H3. The van der Waals surface area contributed by atoms with Crippen LogP contribution in [-0.4, -0.2) is 50.5 Å². The first kappa shape index (κ1) is 12.8. The molecule has 1 rings (SSSR count). The number of cyclic esters (lactones) is 1. The molecule has 0 spiro atoms. The fourth-order valence-corrected chi connectivity index (χ4v) is 2.38. The predicted molar refractivity (Wildman–Crippen MR) is 59.1 cm³/mol. The van der Waals surface area contributed by atoms with E-state index in [0.29, 0.717) is 31.5 Å². The van der Waals surface area contributed by atoms with E-state index >= 15 is 0 Å². The fourth-order valence-electron chi connectivity index (χ4n) is 1.31. The molecule has 0 saturated carbocycles. The fraction of sp³-hybridized carbons (Fsp3) is 0.900. The van der Waals surface area contributed by atoms with E-state index in [9.17, 15) is 4.79 Å². The molecule has 15 heavy (non-hydrogen) atoms. The van der Waals surface area contributed by atoms with E-state index in [4.69, 9.17) is 14.2 Å². The average molecular weight is 234 g/mol. The summed E-state index contributed by atoms with van der Waals surface area (Å²) in [6, 6.07) is 0. The summed E-state index contributed by atoms with van der Waals surface area (Å²) in [5.41, 5.74) is 0. The van der Waals surface area contributed by atoms with Crippen LogP contribution in [0.4, 0.5) is 0 Å². The summed E-state index contributed by atoms with van der Waals surface area (Å²) in [7, 11) is 1.66. The molecule has 0 bridgehead atoms. The molecule has 5 heteroatoms. The Morgan fingerprint density at radius 3 is 3.07 bits per heavy atom. The summed E-state index contributed by atoms with van der Waals surface area (Å²) in [6.07, 6.45) is 1.51. The Kier molecular flexibility index (Phi) is 6.80. The normalized spacial score (nSPS) is 21.4. The van der Waals surface area contributed by atoms with E-state index in [2.05, 4.69) is 0 Å². The van der Waals surface area contributed by atoms with Crippen molar-refractivity contribution in [2.75, 3.05) is 39.3 Å². The van der Waals surface area contributed by atoms with Gasteiger partial charge >= 0.3 is 5.97 Å². The van der Waals surface area contributed by atoms with Crippen LogP contribution in [0.1, 0.15) is 12.8 Å². The second-order valence-corrected chi connectivity index (χ2v) is 4.72. The number of thioether (sulfide) groups is 1. The van der Waals surface area contributed by atoms with Crippen LogP contribution in [0.25, 0.3) is 0 Å². The van der Waals surface area contributed by atoms with Crippen LogP contribution >= 0.6 is 11.8 Å². The van der Waals surface area contributed by atoms with Gasteiger partial charge in [0.05, 0.1) is 32.8 Å². The van der Waals surface area contributed by atoms with Gasteiger partial charge < -0.3 is 14.2 Å². The molecule has 0 aromatic heterocycles. The maximum absolute atomic E-state index is 11.0. The molecule has 1 aliphatic rings. The van der Waals surface area contributed by atoms with Gasteiger partial charge in [0.2, 0.25) is 0 Å². The van der Waals surface area contributed by atoms with Crippen LogP contribution < -0.4 is 0 Å². The van der Waals surface area contributed by atoms with Crippen molar-refractivity contribution >= 4 is 17.7 Å². The molecule has 0 aromatic rings. The minimum absolute atomic E-state index is 0.0703. The number of hydrogen-bond donors (Lipinski definition) is 0. The molecule has 0 N–H and O–H groups in total. The molecule has 0 aliphatic carbocycles. The summed E-state index contributed by atoms with van der Waals surface area (Å²) in [6.45, 7) is 2.57. The molecular weight excluding hydrogens is 216 g/mol. The molecule has 0 radical (unpaired) electrons. The topological polar surface area (TPSA) is 44.8 Å². The van der Waals surface area contributed by atoms with Crippen molar-refractivity contribution in [1.82, 2.24) is 0 Å². The summed E-state index contributed by atoms with van der Waals surface area (Å²) >= 11 is 1.79. The highest BCUT2D eigenvalue weighted by atomic mass is 32.2. The van der Waals surface area contributed by atoms with Crippen LogP contribution in [0.3, 0.4) is 0 Å². The molecule has 1 heterocycles. The van der Waals surface area contributed by atoms with Gasteiger partial charge in [-0.1, -0.05) is 0 Å².